The first-order chi connectivity index (χ1) is 23.5. The molecule has 3 heterocycles. The molecule has 49 heavy (non-hydrogen) atoms. The first-order valence-corrected chi connectivity index (χ1v) is 17.5. The van der Waals surface area contributed by atoms with Gasteiger partial charge in [0, 0.05) is 16.7 Å². The summed E-state index contributed by atoms with van der Waals surface area (Å²) in [7, 11) is 1.54. The second-order valence-electron chi connectivity index (χ2n) is 10.4. The van der Waals surface area contributed by atoms with E-state index in [1.54, 1.807) is 68.5 Å². The maximum Gasteiger partial charge on any atom is 0.338 e. The number of nitrogens with one attached hydrogen (secondary N) is 1. The fraction of sp³-hybridized carbons (Fsp3) is 0.156. The number of allylic oxidation sites excluding steroid dienone is 1. The number of nitro benzene ring substituents is 1. The SMILES string of the molecule is CCOC(=O)C1=C(C)N=c2s/c(=C/c3ccc(Sc4n[nH]c(-c5ccc(Cl)cc5Cl)n4)c([N+](=O)[O-])c3)c(=O)n2[C@H]1c1ccc(OC)c(Br)c1. The van der Waals surface area contributed by atoms with Gasteiger partial charge in [-0.3, -0.25) is 24.6 Å². The third-order valence-electron chi connectivity index (χ3n) is 7.34. The van der Waals surface area contributed by atoms with Crippen LogP contribution in [0.4, 0.5) is 5.69 Å². The largest absolute Gasteiger partial charge is 0.496 e. The predicted molar refractivity (Wildman–Crippen MR) is 190 cm³/mol. The van der Waals surface area contributed by atoms with Crippen LogP contribution in [-0.4, -0.2) is 44.4 Å². The number of aromatic amines is 1. The van der Waals surface area contributed by atoms with Crippen LogP contribution in [0.1, 0.15) is 31.0 Å². The fourth-order valence-electron chi connectivity index (χ4n) is 5.16. The molecule has 6 rings (SSSR count). The molecule has 0 fully saturated rings. The normalized spacial score (nSPS) is 14.4. The molecule has 5 aromatic rings. The molecule has 0 spiro atoms. The summed E-state index contributed by atoms with van der Waals surface area (Å²) in [5.41, 5.74) is 1.62. The molecule has 1 aliphatic heterocycles. The Hall–Kier alpha value is -4.28. The van der Waals surface area contributed by atoms with E-state index < -0.39 is 22.5 Å². The van der Waals surface area contributed by atoms with Crippen molar-refractivity contribution in [1.82, 2.24) is 19.7 Å². The van der Waals surface area contributed by atoms with Crippen molar-refractivity contribution in [3.05, 3.63) is 121 Å². The van der Waals surface area contributed by atoms with Crippen LogP contribution in [0.2, 0.25) is 10.0 Å². The molecule has 2 aromatic heterocycles. The number of hydrogen-bond acceptors (Lipinski definition) is 11. The molecule has 0 saturated heterocycles. The number of thiazole rings is 1. The van der Waals surface area contributed by atoms with Crippen LogP contribution in [0.25, 0.3) is 17.5 Å². The number of ether oxygens (including phenoxy) is 2. The molecular weight excluding hydrogens is 779 g/mol. The van der Waals surface area contributed by atoms with E-state index in [4.69, 9.17) is 32.7 Å². The molecule has 0 unspecified atom stereocenters. The number of carbonyl (C=O) groups is 1. The standard InChI is InChI=1S/C32H23BrCl2N6O6S2/c1-4-47-30(43)26-15(2)36-32-40(27(26)17-6-9-23(46-3)20(33)13-17)29(42)25(49-32)12-16-5-10-24(22(11-16)41(44)45)48-31-37-28(38-39-31)19-8-7-18(34)14-21(19)35/h5-14,27H,4H2,1-3H3,(H,37,38,39)/b25-12+/t27-/m0/s1. The van der Waals surface area contributed by atoms with Crippen molar-refractivity contribution in [1.29, 1.82) is 0 Å². The highest BCUT2D eigenvalue weighted by atomic mass is 79.9. The Kier molecular flexibility index (Phi) is 10.1. The lowest BCUT2D eigenvalue weighted by molar-refractivity contribution is -0.387. The molecule has 0 saturated carbocycles. The maximum atomic E-state index is 14.0. The zero-order valence-electron chi connectivity index (χ0n) is 25.7. The highest BCUT2D eigenvalue weighted by Gasteiger charge is 2.33. The van der Waals surface area contributed by atoms with E-state index in [0.717, 1.165) is 23.1 Å². The van der Waals surface area contributed by atoms with Crippen LogP contribution >= 0.6 is 62.2 Å². The van der Waals surface area contributed by atoms with Crippen LogP contribution in [0.5, 0.6) is 5.75 Å². The second kappa shape index (κ2) is 14.3. The van der Waals surface area contributed by atoms with Crippen molar-refractivity contribution in [3.63, 3.8) is 0 Å². The molecule has 12 nitrogen and oxygen atoms in total. The van der Waals surface area contributed by atoms with E-state index in [0.29, 0.717) is 53.3 Å². The molecule has 3 aromatic carbocycles. The number of nitro groups is 1. The number of rotatable bonds is 9. The minimum absolute atomic E-state index is 0.139. The number of halogens is 3. The van der Waals surface area contributed by atoms with Gasteiger partial charge in [0.2, 0.25) is 5.16 Å². The number of benzene rings is 3. The summed E-state index contributed by atoms with van der Waals surface area (Å²) in [5, 5.41) is 20.2. The maximum absolute atomic E-state index is 14.0. The van der Waals surface area contributed by atoms with Crippen LogP contribution < -0.4 is 19.6 Å². The molecule has 250 valence electrons. The zero-order valence-corrected chi connectivity index (χ0v) is 30.4. The lowest BCUT2D eigenvalue weighted by Gasteiger charge is -2.25. The topological polar surface area (TPSA) is 155 Å². The van der Waals surface area contributed by atoms with Crippen LogP contribution in [0.3, 0.4) is 0 Å². The lowest BCUT2D eigenvalue weighted by Crippen LogP contribution is -2.40. The van der Waals surface area contributed by atoms with Crippen LogP contribution in [0, 0.1) is 10.1 Å². The number of methoxy groups -OCH3 is 1. The molecule has 0 aliphatic carbocycles. The smallest absolute Gasteiger partial charge is 0.338 e. The first kappa shape index (κ1) is 34.6. The number of esters is 1. The Morgan fingerprint density at radius 1 is 1.20 bits per heavy atom. The van der Waals surface area contributed by atoms with Gasteiger partial charge < -0.3 is 9.47 Å². The molecule has 0 radical (unpaired) electrons. The summed E-state index contributed by atoms with van der Waals surface area (Å²) in [6.07, 6.45) is 1.56. The summed E-state index contributed by atoms with van der Waals surface area (Å²) < 4.78 is 13.1. The molecule has 0 amide bonds. The second-order valence-corrected chi connectivity index (χ2v) is 14.1. The number of hydrogen-bond donors (Lipinski definition) is 1. The summed E-state index contributed by atoms with van der Waals surface area (Å²) >= 11 is 17.9. The number of fused-ring (bicyclic) bond motifs is 1. The monoisotopic (exact) mass is 800 g/mol. The lowest BCUT2D eigenvalue weighted by atomic mass is 9.96. The summed E-state index contributed by atoms with van der Waals surface area (Å²) in [6, 6.07) is 14.0. The van der Waals surface area contributed by atoms with Crippen LogP contribution in [-0.2, 0) is 9.53 Å². The Bertz CT molecular complexity index is 2370. The van der Waals surface area contributed by atoms with Crippen molar-refractivity contribution < 1.29 is 19.2 Å². The Labute approximate surface area is 304 Å². The average Bonchev–Trinajstić information content (AvgIpc) is 3.64. The van der Waals surface area contributed by atoms with Gasteiger partial charge in [-0.25, -0.2) is 14.8 Å². The van der Waals surface area contributed by atoms with E-state index in [1.165, 1.54) is 17.7 Å². The average molecular weight is 803 g/mol. The predicted octanol–water partition coefficient (Wildman–Crippen LogP) is 6.72. The van der Waals surface area contributed by atoms with Gasteiger partial charge in [0.25, 0.3) is 11.2 Å². The van der Waals surface area contributed by atoms with Gasteiger partial charge >= 0.3 is 5.97 Å². The molecular formula is C32H23BrCl2N6O6S2. The van der Waals surface area contributed by atoms with Crippen molar-refractivity contribution in [3.8, 4) is 17.1 Å². The fourth-order valence-corrected chi connectivity index (χ4v) is 8.06. The van der Waals surface area contributed by atoms with Gasteiger partial charge in [0.05, 0.1) is 54.9 Å². The third-order valence-corrected chi connectivity index (χ3v) is 10.4. The quantitative estimate of drug-likeness (QED) is 0.0972. The number of carbonyl (C=O) groups excluding carboxylic acids is 1. The highest BCUT2D eigenvalue weighted by Crippen LogP contribution is 2.37. The molecule has 1 aliphatic rings. The van der Waals surface area contributed by atoms with Gasteiger partial charge in [-0.05, 0) is 95.1 Å². The first-order valence-electron chi connectivity index (χ1n) is 14.4. The number of aromatic nitrogens is 4. The minimum atomic E-state index is -0.846. The van der Waals surface area contributed by atoms with Gasteiger partial charge in [-0.15, -0.1) is 5.10 Å². The summed E-state index contributed by atoms with van der Waals surface area (Å²) in [4.78, 5) is 48.5. The molecule has 0 bridgehead atoms. The molecule has 1 N–H and O–H groups in total. The Morgan fingerprint density at radius 2 is 2.00 bits per heavy atom. The van der Waals surface area contributed by atoms with Gasteiger partial charge in [0.15, 0.2) is 10.6 Å². The van der Waals surface area contributed by atoms with Gasteiger partial charge in [-0.1, -0.05) is 46.7 Å². The number of H-pyrrole nitrogens is 1. The summed E-state index contributed by atoms with van der Waals surface area (Å²) in [5.74, 6) is 0.362. The van der Waals surface area contributed by atoms with E-state index in [9.17, 15) is 19.7 Å². The van der Waals surface area contributed by atoms with Gasteiger partial charge in [-0.2, -0.15) is 0 Å². The van der Waals surface area contributed by atoms with Gasteiger partial charge in [0.1, 0.15) is 5.75 Å². The Balaban J connectivity index is 1.39. The molecule has 1 atom stereocenters. The molecule has 17 heteroatoms. The van der Waals surface area contributed by atoms with E-state index >= 15 is 0 Å². The Morgan fingerprint density at radius 3 is 2.69 bits per heavy atom. The van der Waals surface area contributed by atoms with Crippen molar-refractivity contribution in [2.45, 2.75) is 29.9 Å². The third kappa shape index (κ3) is 6.94. The van der Waals surface area contributed by atoms with E-state index in [1.807, 2.05) is 0 Å². The summed E-state index contributed by atoms with van der Waals surface area (Å²) in [6.45, 7) is 3.53. The minimum Gasteiger partial charge on any atom is -0.496 e. The number of nitrogens with zero attached hydrogens (tertiary/aromatic N) is 5. The zero-order chi connectivity index (χ0) is 35.0. The highest BCUT2D eigenvalue weighted by molar-refractivity contribution is 9.10. The van der Waals surface area contributed by atoms with E-state index in [-0.39, 0.29) is 32.5 Å². The van der Waals surface area contributed by atoms with Crippen molar-refractivity contribution in [2.75, 3.05) is 13.7 Å². The van der Waals surface area contributed by atoms with Crippen LogP contribution in [0.15, 0.2) is 90.2 Å². The van der Waals surface area contributed by atoms with Crippen molar-refractivity contribution >= 4 is 80.0 Å². The van der Waals surface area contributed by atoms with E-state index in [2.05, 4.69) is 36.1 Å². The van der Waals surface area contributed by atoms with Crippen molar-refractivity contribution in [2.24, 2.45) is 4.99 Å².